The van der Waals surface area contributed by atoms with Crippen LogP contribution in [0.25, 0.3) is 0 Å². The van der Waals surface area contributed by atoms with Gasteiger partial charge in [0.1, 0.15) is 0 Å². The van der Waals surface area contributed by atoms with Crippen molar-refractivity contribution in [3.05, 3.63) is 52.0 Å². The number of rotatable bonds is 8. The van der Waals surface area contributed by atoms with E-state index in [1.165, 1.54) is 13.2 Å². The monoisotopic (exact) mass is 442 g/mol. The van der Waals surface area contributed by atoms with Crippen LogP contribution in [0.5, 0.6) is 11.5 Å². The summed E-state index contributed by atoms with van der Waals surface area (Å²) in [6.07, 6.45) is 0. The van der Waals surface area contributed by atoms with Crippen molar-refractivity contribution >= 4 is 27.5 Å². The average molecular weight is 443 g/mol. The number of nitrogens with one attached hydrogen (secondary N) is 1. The van der Waals surface area contributed by atoms with Crippen molar-refractivity contribution in [3.63, 3.8) is 0 Å². The lowest BCUT2D eigenvalue weighted by Crippen LogP contribution is -2.30. The van der Waals surface area contributed by atoms with E-state index in [1.54, 1.807) is 19.2 Å². The molecule has 0 aliphatic rings. The van der Waals surface area contributed by atoms with Gasteiger partial charge in [-0.2, -0.15) is 8.78 Å². The molecule has 27 heavy (non-hydrogen) atoms. The Balaban J connectivity index is 1.96. The molecule has 1 N–H and O–H groups in total. The Morgan fingerprint density at radius 1 is 1.22 bits per heavy atom. The fraction of sp³-hybridized carbons (Fsp3) is 0.316. The zero-order valence-electron chi connectivity index (χ0n) is 15.3. The topological polar surface area (TPSA) is 50.8 Å². The second-order valence-electron chi connectivity index (χ2n) is 6.04. The van der Waals surface area contributed by atoms with Crippen molar-refractivity contribution in [1.82, 2.24) is 4.90 Å². The third-order valence-electron chi connectivity index (χ3n) is 3.77. The number of hydrogen-bond acceptors (Lipinski definition) is 4. The fourth-order valence-electron chi connectivity index (χ4n) is 2.57. The number of alkyl halides is 2. The number of likely N-dealkylation sites (N-methyl/N-ethyl adjacent to an activating group) is 1. The summed E-state index contributed by atoms with van der Waals surface area (Å²) in [5.74, 6) is 0.0473. The molecule has 8 heteroatoms. The van der Waals surface area contributed by atoms with Crippen LogP contribution in [-0.4, -0.2) is 38.1 Å². The minimum Gasteiger partial charge on any atom is -0.493 e. The predicted molar refractivity (Wildman–Crippen MR) is 103 cm³/mol. The summed E-state index contributed by atoms with van der Waals surface area (Å²) in [6, 6.07) is 10.3. The summed E-state index contributed by atoms with van der Waals surface area (Å²) in [5.41, 5.74) is 2.52. The molecule has 0 heterocycles. The van der Waals surface area contributed by atoms with Crippen molar-refractivity contribution < 1.29 is 23.0 Å². The number of anilines is 1. The van der Waals surface area contributed by atoms with Gasteiger partial charge >= 0.3 is 6.61 Å². The maximum absolute atomic E-state index is 12.4. The lowest BCUT2D eigenvalue weighted by molar-refractivity contribution is -0.117. The summed E-state index contributed by atoms with van der Waals surface area (Å²) in [6.45, 7) is -0.386. The summed E-state index contributed by atoms with van der Waals surface area (Å²) >= 11 is 3.39. The first kappa shape index (κ1) is 21.1. The summed E-state index contributed by atoms with van der Waals surface area (Å²) < 4.78 is 35.2. The third-order valence-corrected chi connectivity index (χ3v) is 4.27. The largest absolute Gasteiger partial charge is 0.493 e. The average Bonchev–Trinajstić information content (AvgIpc) is 2.58. The molecule has 0 radical (unpaired) electrons. The van der Waals surface area contributed by atoms with E-state index in [2.05, 4.69) is 26.0 Å². The van der Waals surface area contributed by atoms with Gasteiger partial charge in [-0.05, 0) is 55.4 Å². The minimum atomic E-state index is -2.92. The van der Waals surface area contributed by atoms with Crippen molar-refractivity contribution in [2.24, 2.45) is 0 Å². The highest BCUT2D eigenvalue weighted by atomic mass is 79.9. The van der Waals surface area contributed by atoms with Crippen LogP contribution in [0, 0.1) is 6.92 Å². The molecule has 0 aliphatic carbocycles. The number of carbonyl (C=O) groups is 1. The zero-order valence-corrected chi connectivity index (χ0v) is 16.8. The van der Waals surface area contributed by atoms with E-state index in [0.717, 1.165) is 21.3 Å². The molecule has 0 unspecified atom stereocenters. The summed E-state index contributed by atoms with van der Waals surface area (Å²) in [5, 5.41) is 2.88. The number of methoxy groups -OCH3 is 1. The normalized spacial score (nSPS) is 11.0. The van der Waals surface area contributed by atoms with Gasteiger partial charge in [0, 0.05) is 16.7 Å². The Hall–Kier alpha value is -2.19. The first-order chi connectivity index (χ1) is 12.8. The Kier molecular flexibility index (Phi) is 7.55. The molecule has 0 spiro atoms. The van der Waals surface area contributed by atoms with E-state index in [-0.39, 0.29) is 24.0 Å². The van der Waals surface area contributed by atoms with Crippen LogP contribution in [0.3, 0.4) is 0 Å². The molecule has 0 aliphatic heterocycles. The van der Waals surface area contributed by atoms with Crippen LogP contribution in [0.15, 0.2) is 40.9 Å². The molecule has 0 fully saturated rings. The molecule has 0 aromatic heterocycles. The molecule has 0 atom stereocenters. The maximum Gasteiger partial charge on any atom is 0.387 e. The van der Waals surface area contributed by atoms with E-state index in [4.69, 9.17) is 4.74 Å². The van der Waals surface area contributed by atoms with Gasteiger partial charge in [0.25, 0.3) is 0 Å². The second-order valence-corrected chi connectivity index (χ2v) is 6.96. The van der Waals surface area contributed by atoms with Crippen molar-refractivity contribution in [2.45, 2.75) is 20.1 Å². The maximum atomic E-state index is 12.4. The quantitative estimate of drug-likeness (QED) is 0.656. The molecule has 2 aromatic rings. The third kappa shape index (κ3) is 6.48. The molecule has 2 rings (SSSR count). The van der Waals surface area contributed by atoms with Crippen LogP contribution in [-0.2, 0) is 11.3 Å². The first-order valence-corrected chi connectivity index (χ1v) is 8.94. The number of aryl methyl sites for hydroxylation is 1. The summed E-state index contributed by atoms with van der Waals surface area (Å²) in [4.78, 5) is 14.1. The molecule has 0 saturated heterocycles. The van der Waals surface area contributed by atoms with E-state index in [9.17, 15) is 13.6 Å². The van der Waals surface area contributed by atoms with Crippen LogP contribution in [0.1, 0.15) is 11.1 Å². The van der Waals surface area contributed by atoms with Gasteiger partial charge in [0.05, 0.1) is 13.7 Å². The van der Waals surface area contributed by atoms with Crippen LogP contribution in [0.4, 0.5) is 14.5 Å². The Labute approximate surface area is 165 Å². The number of amides is 1. The van der Waals surface area contributed by atoms with Gasteiger partial charge in [-0.1, -0.05) is 22.0 Å². The number of benzene rings is 2. The molecule has 146 valence electrons. The minimum absolute atomic E-state index is 0.0256. The van der Waals surface area contributed by atoms with Gasteiger partial charge in [-0.25, -0.2) is 0 Å². The lowest BCUT2D eigenvalue weighted by Gasteiger charge is -2.18. The Morgan fingerprint density at radius 3 is 2.59 bits per heavy atom. The predicted octanol–water partition coefficient (Wildman–Crippen LogP) is 4.44. The van der Waals surface area contributed by atoms with E-state index >= 15 is 0 Å². The SMILES string of the molecule is COc1cc(CN(C)CC(=O)Nc2ccc(Br)cc2C)ccc1OC(F)F. The van der Waals surface area contributed by atoms with Gasteiger partial charge in [-0.3, -0.25) is 9.69 Å². The number of carbonyl (C=O) groups excluding carboxylic acids is 1. The summed E-state index contributed by atoms with van der Waals surface area (Å²) in [7, 11) is 3.18. The van der Waals surface area contributed by atoms with Gasteiger partial charge in [-0.15, -0.1) is 0 Å². The molecule has 0 bridgehead atoms. The van der Waals surface area contributed by atoms with Crippen LogP contribution < -0.4 is 14.8 Å². The molecular formula is C19H21BrF2N2O3. The van der Waals surface area contributed by atoms with Crippen molar-refractivity contribution in [2.75, 3.05) is 26.0 Å². The number of halogens is 3. The van der Waals surface area contributed by atoms with Crippen molar-refractivity contribution in [1.29, 1.82) is 0 Å². The van der Waals surface area contributed by atoms with Gasteiger partial charge in [0.2, 0.25) is 5.91 Å². The molecule has 5 nitrogen and oxygen atoms in total. The molecular weight excluding hydrogens is 422 g/mol. The van der Waals surface area contributed by atoms with Crippen molar-refractivity contribution in [3.8, 4) is 11.5 Å². The zero-order chi connectivity index (χ0) is 20.0. The lowest BCUT2D eigenvalue weighted by atomic mass is 10.2. The van der Waals surface area contributed by atoms with Gasteiger partial charge < -0.3 is 14.8 Å². The highest BCUT2D eigenvalue weighted by Gasteiger charge is 2.13. The van der Waals surface area contributed by atoms with E-state index < -0.39 is 6.61 Å². The molecule has 1 amide bonds. The highest BCUT2D eigenvalue weighted by molar-refractivity contribution is 9.10. The first-order valence-electron chi connectivity index (χ1n) is 8.14. The van der Waals surface area contributed by atoms with Crippen LogP contribution >= 0.6 is 15.9 Å². The van der Waals surface area contributed by atoms with Crippen LogP contribution in [0.2, 0.25) is 0 Å². The second kappa shape index (κ2) is 9.66. The Bertz CT molecular complexity index is 803. The highest BCUT2D eigenvalue weighted by Crippen LogP contribution is 2.29. The molecule has 2 aromatic carbocycles. The van der Waals surface area contributed by atoms with Gasteiger partial charge in [0.15, 0.2) is 11.5 Å². The smallest absolute Gasteiger partial charge is 0.387 e. The molecule has 0 saturated carbocycles. The standard InChI is InChI=1S/C19H21BrF2N2O3/c1-12-8-14(20)5-6-15(12)23-18(25)11-24(2)10-13-4-7-16(27-19(21)22)17(9-13)26-3/h4-9,19H,10-11H2,1-3H3,(H,23,25). The van der Waals surface area contributed by atoms with E-state index in [0.29, 0.717) is 6.54 Å². The number of ether oxygens (including phenoxy) is 2. The fourth-order valence-corrected chi connectivity index (χ4v) is 3.05. The number of nitrogens with zero attached hydrogens (tertiary/aromatic N) is 1. The van der Waals surface area contributed by atoms with E-state index in [1.807, 2.05) is 30.0 Å². The number of hydrogen-bond donors (Lipinski definition) is 1. The Morgan fingerprint density at radius 2 is 1.96 bits per heavy atom.